The van der Waals surface area contributed by atoms with Crippen LogP contribution < -0.4 is 0 Å². The number of nitrogens with zero attached hydrogens (tertiary/aromatic N) is 1. The van der Waals surface area contributed by atoms with Gasteiger partial charge in [-0.1, -0.05) is 23.7 Å². The Bertz CT molecular complexity index is 853. The molecule has 1 spiro atoms. The van der Waals surface area contributed by atoms with Gasteiger partial charge >= 0.3 is 0 Å². The SMILES string of the molecule is O=C(CCc1ccc(Cl)cc1F)[C@]1(F)CC[C@@]2(CO2)c2ncccc21. The molecule has 1 aliphatic carbocycles. The molecule has 1 aliphatic heterocycles. The molecule has 1 saturated heterocycles. The number of ether oxygens (including phenoxy) is 1. The van der Waals surface area contributed by atoms with Gasteiger partial charge < -0.3 is 4.74 Å². The molecule has 0 bridgehead atoms. The molecule has 3 nitrogen and oxygen atoms in total. The van der Waals surface area contributed by atoms with Crippen molar-refractivity contribution in [1.82, 2.24) is 4.98 Å². The number of fused-ring (bicyclic) bond motifs is 2. The molecule has 2 aliphatic rings. The average Bonchev–Trinajstić information content (AvgIpc) is 3.39. The van der Waals surface area contributed by atoms with E-state index in [-0.39, 0.29) is 24.3 Å². The Kier molecular flexibility index (Phi) is 3.89. The van der Waals surface area contributed by atoms with E-state index in [2.05, 4.69) is 4.98 Å². The molecule has 0 N–H and O–H groups in total. The maximum absolute atomic E-state index is 15.6. The number of rotatable bonds is 4. The molecule has 6 heteroatoms. The quantitative estimate of drug-likeness (QED) is 0.762. The number of Topliss-reactive ketones (excluding diaryl/α,β-unsaturated/α-hetero) is 1. The summed E-state index contributed by atoms with van der Waals surface area (Å²) in [5, 5.41) is 0.288. The molecule has 0 unspecified atom stereocenters. The van der Waals surface area contributed by atoms with Gasteiger partial charge in [-0.3, -0.25) is 9.78 Å². The van der Waals surface area contributed by atoms with Gasteiger partial charge in [0.2, 0.25) is 0 Å². The van der Waals surface area contributed by atoms with E-state index in [0.717, 1.165) is 0 Å². The van der Waals surface area contributed by atoms with Gasteiger partial charge in [0.25, 0.3) is 0 Å². The van der Waals surface area contributed by atoms with E-state index in [1.165, 1.54) is 12.1 Å². The third-order valence-electron chi connectivity index (χ3n) is 5.11. The topological polar surface area (TPSA) is 42.5 Å². The molecule has 1 fully saturated rings. The van der Waals surface area contributed by atoms with E-state index in [0.29, 0.717) is 29.8 Å². The van der Waals surface area contributed by atoms with Crippen LogP contribution >= 0.6 is 11.6 Å². The van der Waals surface area contributed by atoms with Crippen LogP contribution in [0.1, 0.15) is 36.1 Å². The molecule has 2 aromatic rings. The Morgan fingerprint density at radius 3 is 2.84 bits per heavy atom. The van der Waals surface area contributed by atoms with Crippen molar-refractivity contribution in [1.29, 1.82) is 0 Å². The molecular weight excluding hydrogens is 348 g/mol. The van der Waals surface area contributed by atoms with Gasteiger partial charge in [0, 0.05) is 23.2 Å². The van der Waals surface area contributed by atoms with Crippen LogP contribution in [0.15, 0.2) is 36.5 Å². The number of carbonyl (C=O) groups excluding carboxylic acids is 1. The molecule has 1 aromatic heterocycles. The Labute approximate surface area is 149 Å². The Morgan fingerprint density at radius 2 is 2.12 bits per heavy atom. The monoisotopic (exact) mass is 363 g/mol. The number of pyridine rings is 1. The minimum Gasteiger partial charge on any atom is -0.363 e. The van der Waals surface area contributed by atoms with Crippen LogP contribution in [-0.2, 0) is 27.2 Å². The second-order valence-corrected chi connectivity index (χ2v) is 7.08. The fourth-order valence-electron chi connectivity index (χ4n) is 3.54. The highest BCUT2D eigenvalue weighted by Gasteiger charge is 2.58. The number of aromatic nitrogens is 1. The first-order chi connectivity index (χ1) is 11.9. The summed E-state index contributed by atoms with van der Waals surface area (Å²) in [6.45, 7) is 0.511. The minimum atomic E-state index is -2.09. The standard InChI is InChI=1S/C19H16ClF2NO2/c20-13-5-3-12(15(21)10-13)4-6-16(24)19(22)8-7-18(11-25-18)17-14(19)2-1-9-23-17/h1-3,5,9-10H,4,6-8,11H2/t18-,19+/m1/s1. The van der Waals surface area contributed by atoms with Crippen LogP contribution in [0, 0.1) is 5.82 Å². The third kappa shape index (κ3) is 2.75. The number of alkyl halides is 1. The molecular formula is C19H16ClF2NO2. The fraction of sp³-hybridized carbons (Fsp3) is 0.368. The minimum absolute atomic E-state index is 0.0631. The fourth-order valence-corrected chi connectivity index (χ4v) is 3.70. The van der Waals surface area contributed by atoms with Crippen LogP contribution in [0.25, 0.3) is 0 Å². The highest BCUT2D eigenvalue weighted by molar-refractivity contribution is 6.30. The zero-order valence-electron chi connectivity index (χ0n) is 13.4. The van der Waals surface area contributed by atoms with Crippen molar-refractivity contribution < 1.29 is 18.3 Å². The molecule has 25 heavy (non-hydrogen) atoms. The van der Waals surface area contributed by atoms with E-state index < -0.39 is 22.9 Å². The van der Waals surface area contributed by atoms with Crippen molar-refractivity contribution >= 4 is 17.4 Å². The molecule has 1 aromatic carbocycles. The largest absolute Gasteiger partial charge is 0.363 e. The lowest BCUT2D eigenvalue weighted by Crippen LogP contribution is -2.39. The van der Waals surface area contributed by atoms with Gasteiger partial charge in [0.05, 0.1) is 12.3 Å². The number of benzene rings is 1. The third-order valence-corrected chi connectivity index (χ3v) is 5.35. The number of halogens is 3. The lowest BCUT2D eigenvalue weighted by atomic mass is 9.74. The molecule has 130 valence electrons. The smallest absolute Gasteiger partial charge is 0.195 e. The number of hydrogen-bond acceptors (Lipinski definition) is 3. The normalized spacial score (nSPS) is 27.2. The van der Waals surface area contributed by atoms with Gasteiger partial charge in [-0.15, -0.1) is 0 Å². The summed E-state index contributed by atoms with van der Waals surface area (Å²) in [7, 11) is 0. The second-order valence-electron chi connectivity index (χ2n) is 6.64. The van der Waals surface area contributed by atoms with Crippen molar-refractivity contribution in [3.63, 3.8) is 0 Å². The summed E-state index contributed by atoms with van der Waals surface area (Å²) in [5.41, 5.74) is -1.45. The Morgan fingerprint density at radius 1 is 1.32 bits per heavy atom. The molecule has 0 radical (unpaired) electrons. The molecule has 2 heterocycles. The van der Waals surface area contributed by atoms with Crippen molar-refractivity contribution in [2.24, 2.45) is 0 Å². The van der Waals surface area contributed by atoms with Crippen LogP contribution in [0.3, 0.4) is 0 Å². The number of carbonyl (C=O) groups is 1. The first-order valence-corrected chi connectivity index (χ1v) is 8.58. The van der Waals surface area contributed by atoms with E-state index in [1.54, 1.807) is 24.4 Å². The zero-order valence-corrected chi connectivity index (χ0v) is 14.2. The van der Waals surface area contributed by atoms with E-state index in [1.807, 2.05) is 0 Å². The van der Waals surface area contributed by atoms with Gasteiger partial charge in [-0.05, 0) is 43.0 Å². The highest BCUT2D eigenvalue weighted by Crippen LogP contribution is 2.53. The van der Waals surface area contributed by atoms with Crippen LogP contribution in [-0.4, -0.2) is 17.4 Å². The Hall–Kier alpha value is -1.85. The number of aryl methyl sites for hydroxylation is 1. The Balaban J connectivity index is 1.57. The number of hydrogen-bond donors (Lipinski definition) is 0. The predicted molar refractivity (Wildman–Crippen MR) is 88.6 cm³/mol. The summed E-state index contributed by atoms with van der Waals surface area (Å²) in [5.74, 6) is -1.03. The summed E-state index contributed by atoms with van der Waals surface area (Å²) in [4.78, 5) is 16.9. The summed E-state index contributed by atoms with van der Waals surface area (Å²) in [6.07, 6.45) is 2.12. The maximum Gasteiger partial charge on any atom is 0.195 e. The van der Waals surface area contributed by atoms with Crippen molar-refractivity contribution in [3.05, 3.63) is 64.2 Å². The van der Waals surface area contributed by atoms with Crippen LogP contribution in [0.2, 0.25) is 5.02 Å². The lowest BCUT2D eigenvalue weighted by molar-refractivity contribution is -0.132. The summed E-state index contributed by atoms with van der Waals surface area (Å²) < 4.78 is 35.0. The first-order valence-electron chi connectivity index (χ1n) is 8.21. The number of epoxide rings is 1. The van der Waals surface area contributed by atoms with Crippen molar-refractivity contribution in [3.8, 4) is 0 Å². The maximum atomic E-state index is 15.6. The van der Waals surface area contributed by atoms with Gasteiger partial charge in [0.15, 0.2) is 11.5 Å². The second kappa shape index (κ2) is 5.85. The lowest BCUT2D eigenvalue weighted by Gasteiger charge is -2.33. The van der Waals surface area contributed by atoms with Crippen LogP contribution in [0.5, 0.6) is 0 Å². The molecule has 2 atom stereocenters. The average molecular weight is 364 g/mol. The molecule has 0 saturated carbocycles. The van der Waals surface area contributed by atoms with E-state index in [4.69, 9.17) is 16.3 Å². The summed E-state index contributed by atoms with van der Waals surface area (Å²) >= 11 is 5.73. The van der Waals surface area contributed by atoms with Gasteiger partial charge in [0.1, 0.15) is 11.4 Å². The van der Waals surface area contributed by atoms with E-state index in [9.17, 15) is 9.18 Å². The van der Waals surface area contributed by atoms with Crippen molar-refractivity contribution in [2.45, 2.75) is 37.0 Å². The van der Waals surface area contributed by atoms with E-state index >= 15 is 4.39 Å². The molecule has 4 rings (SSSR count). The van der Waals surface area contributed by atoms with Crippen molar-refractivity contribution in [2.75, 3.05) is 6.61 Å². The van der Waals surface area contributed by atoms with Crippen LogP contribution in [0.4, 0.5) is 8.78 Å². The number of ketones is 1. The predicted octanol–water partition coefficient (Wildman–Crippen LogP) is 4.26. The molecule has 0 amide bonds. The zero-order chi connectivity index (χ0) is 17.7. The van der Waals surface area contributed by atoms with Gasteiger partial charge in [-0.25, -0.2) is 8.78 Å². The highest BCUT2D eigenvalue weighted by atomic mass is 35.5. The summed E-state index contributed by atoms with van der Waals surface area (Å²) in [6, 6.07) is 7.51. The first kappa shape index (κ1) is 16.6. The van der Waals surface area contributed by atoms with Gasteiger partial charge in [-0.2, -0.15) is 0 Å².